The van der Waals surface area contributed by atoms with Crippen molar-refractivity contribution in [1.29, 1.82) is 5.26 Å². The van der Waals surface area contributed by atoms with E-state index in [1.165, 1.54) is 11.8 Å². The molecule has 2 aliphatic carbocycles. The molecule has 3 aliphatic rings. The van der Waals surface area contributed by atoms with Crippen LogP contribution in [0.25, 0.3) is 11.1 Å². The molecule has 0 amide bonds. The van der Waals surface area contributed by atoms with E-state index in [0.29, 0.717) is 58.9 Å². The number of benzene rings is 3. The summed E-state index contributed by atoms with van der Waals surface area (Å²) in [7, 11) is 0. The summed E-state index contributed by atoms with van der Waals surface area (Å²) >= 11 is 13.9. The van der Waals surface area contributed by atoms with Crippen molar-refractivity contribution in [2.45, 2.75) is 88.9 Å². The van der Waals surface area contributed by atoms with Crippen molar-refractivity contribution in [2.24, 2.45) is 0 Å². The van der Waals surface area contributed by atoms with E-state index in [1.54, 1.807) is 12.3 Å². The molecule has 0 unspecified atom stereocenters. The van der Waals surface area contributed by atoms with Crippen LogP contribution in [0.2, 0.25) is 10.0 Å². The minimum atomic E-state index is -0.669. The lowest BCUT2D eigenvalue weighted by molar-refractivity contribution is 0.143. The van der Waals surface area contributed by atoms with Crippen LogP contribution in [0, 0.1) is 11.3 Å². The van der Waals surface area contributed by atoms with E-state index < -0.39 is 6.17 Å². The fraction of sp³-hybridized carbons (Fsp3) is 0.429. The second-order valence-electron chi connectivity index (χ2n) is 14.2. The standard InChI is InChI=1S/C42H45Cl2FN4O4/c43-35-20-29(25-48-36-8-3-9-37(36)50)40(52-26-28-19-27(22-46)23-47-24-28)21-41(35)53-38-12-11-32-31(5-1-6-33(32)38)34-7-2-10-39(42(34)44)51-18-4-15-49-16-13-30(45)14-17-49/h1-2,5-7,10,19-21,23-24,30,36-38,48,50H,3-4,8-9,11-18,25-26H2/t36-,37-,38-/m0/s1. The Balaban J connectivity index is 1.06. The highest BCUT2D eigenvalue weighted by Crippen LogP contribution is 2.45. The van der Waals surface area contributed by atoms with Crippen molar-refractivity contribution >= 4 is 23.2 Å². The summed E-state index contributed by atoms with van der Waals surface area (Å²) < 4.78 is 32.7. The number of aliphatic hydroxyl groups is 1. The average molecular weight is 760 g/mol. The molecule has 1 aromatic heterocycles. The average Bonchev–Trinajstić information content (AvgIpc) is 3.79. The first kappa shape index (κ1) is 37.4. The lowest BCUT2D eigenvalue weighted by atomic mass is 9.96. The van der Waals surface area contributed by atoms with Crippen LogP contribution in [0.5, 0.6) is 17.2 Å². The number of halogens is 3. The topological polar surface area (TPSA) is 99.9 Å². The van der Waals surface area contributed by atoms with Gasteiger partial charge in [-0.3, -0.25) is 4.98 Å². The van der Waals surface area contributed by atoms with Crippen LogP contribution in [0.3, 0.4) is 0 Å². The molecule has 11 heteroatoms. The third kappa shape index (κ3) is 9.08. The maximum Gasteiger partial charge on any atom is 0.142 e. The molecule has 278 valence electrons. The molecule has 3 aromatic carbocycles. The number of rotatable bonds is 14. The van der Waals surface area contributed by atoms with Crippen molar-refractivity contribution in [3.63, 3.8) is 0 Å². The lowest BCUT2D eigenvalue weighted by Crippen LogP contribution is -2.35. The number of hydrogen-bond acceptors (Lipinski definition) is 8. The van der Waals surface area contributed by atoms with Gasteiger partial charge in [0.05, 0.1) is 28.3 Å². The van der Waals surface area contributed by atoms with Gasteiger partial charge in [-0.1, -0.05) is 53.5 Å². The quantitative estimate of drug-likeness (QED) is 0.123. The van der Waals surface area contributed by atoms with E-state index in [0.717, 1.165) is 86.0 Å². The Labute approximate surface area is 320 Å². The van der Waals surface area contributed by atoms with Crippen LogP contribution in [0.15, 0.2) is 67.0 Å². The van der Waals surface area contributed by atoms with Crippen LogP contribution in [-0.4, -0.2) is 59.5 Å². The van der Waals surface area contributed by atoms with Gasteiger partial charge in [-0.15, -0.1) is 0 Å². The molecule has 1 aliphatic heterocycles. The highest BCUT2D eigenvalue weighted by Gasteiger charge is 2.29. The molecule has 53 heavy (non-hydrogen) atoms. The first-order chi connectivity index (χ1) is 25.9. The molecule has 2 heterocycles. The third-order valence-corrected chi connectivity index (χ3v) is 11.3. The van der Waals surface area contributed by atoms with Gasteiger partial charge in [0.2, 0.25) is 0 Å². The van der Waals surface area contributed by atoms with Crippen LogP contribution in [-0.2, 0) is 19.6 Å². The molecule has 8 nitrogen and oxygen atoms in total. The summed E-state index contributed by atoms with van der Waals surface area (Å²) in [6, 6.07) is 19.7. The minimum absolute atomic E-state index is 0.0105. The third-order valence-electron chi connectivity index (χ3n) is 10.6. The van der Waals surface area contributed by atoms with Crippen molar-refractivity contribution in [1.82, 2.24) is 15.2 Å². The normalized spacial score (nSPS) is 20.2. The first-order valence-electron chi connectivity index (χ1n) is 18.6. The number of likely N-dealkylation sites (tertiary alicyclic amines) is 1. The van der Waals surface area contributed by atoms with Crippen LogP contribution in [0.1, 0.15) is 78.9 Å². The molecule has 2 N–H and O–H groups in total. The van der Waals surface area contributed by atoms with Gasteiger partial charge in [0.15, 0.2) is 0 Å². The number of aliphatic hydroxyl groups excluding tert-OH is 1. The molecule has 4 aromatic rings. The maximum absolute atomic E-state index is 13.5. The summed E-state index contributed by atoms with van der Waals surface area (Å²) in [6.07, 6.45) is 8.25. The molecule has 0 bridgehead atoms. The number of nitrogens with zero attached hydrogens (tertiary/aromatic N) is 3. The highest BCUT2D eigenvalue weighted by atomic mass is 35.5. The van der Waals surface area contributed by atoms with Gasteiger partial charge in [0.1, 0.15) is 42.2 Å². The zero-order valence-electron chi connectivity index (χ0n) is 29.7. The fourth-order valence-electron chi connectivity index (χ4n) is 7.72. The Morgan fingerprint density at radius 2 is 1.77 bits per heavy atom. The van der Waals surface area contributed by atoms with E-state index in [1.807, 2.05) is 36.4 Å². The van der Waals surface area contributed by atoms with E-state index in [9.17, 15) is 14.8 Å². The zero-order valence-corrected chi connectivity index (χ0v) is 31.2. The second kappa shape index (κ2) is 17.5. The monoisotopic (exact) mass is 758 g/mol. The maximum atomic E-state index is 13.5. The Morgan fingerprint density at radius 3 is 2.58 bits per heavy atom. The molecule has 2 fully saturated rings. The molecule has 3 atom stereocenters. The van der Waals surface area contributed by atoms with Crippen LogP contribution < -0.4 is 19.5 Å². The van der Waals surface area contributed by atoms with E-state index in [4.69, 9.17) is 37.4 Å². The van der Waals surface area contributed by atoms with Gasteiger partial charge in [0.25, 0.3) is 0 Å². The van der Waals surface area contributed by atoms with Gasteiger partial charge >= 0.3 is 0 Å². The number of pyridine rings is 1. The number of hydrogen-bond donors (Lipinski definition) is 2. The first-order valence-corrected chi connectivity index (χ1v) is 19.4. The Kier molecular flexibility index (Phi) is 12.3. The summed E-state index contributed by atoms with van der Waals surface area (Å²) in [5.41, 5.74) is 6.31. The van der Waals surface area contributed by atoms with E-state index in [2.05, 4.69) is 33.4 Å². The van der Waals surface area contributed by atoms with Crippen molar-refractivity contribution in [3.8, 4) is 34.4 Å². The molecule has 0 spiro atoms. The van der Waals surface area contributed by atoms with E-state index >= 15 is 0 Å². The van der Waals surface area contributed by atoms with Gasteiger partial charge in [-0.05, 0) is 86.3 Å². The van der Waals surface area contributed by atoms with Gasteiger partial charge in [0, 0.05) is 67.4 Å². The summed E-state index contributed by atoms with van der Waals surface area (Å²) in [4.78, 5) is 6.47. The fourth-order valence-corrected chi connectivity index (χ4v) is 8.23. The van der Waals surface area contributed by atoms with E-state index in [-0.39, 0.29) is 24.9 Å². The lowest BCUT2D eigenvalue weighted by Gasteiger charge is -2.28. The Hall–Kier alpha value is -3.91. The van der Waals surface area contributed by atoms with Crippen LogP contribution in [0.4, 0.5) is 4.39 Å². The summed E-state index contributed by atoms with van der Waals surface area (Å²) in [5, 5.41) is 24.3. The Bertz CT molecular complexity index is 1930. The number of nitrogens with one attached hydrogen (secondary N) is 1. The molecule has 7 rings (SSSR count). The van der Waals surface area contributed by atoms with Crippen molar-refractivity contribution < 1.29 is 23.7 Å². The van der Waals surface area contributed by atoms with Crippen molar-refractivity contribution in [2.75, 3.05) is 26.2 Å². The van der Waals surface area contributed by atoms with Crippen LogP contribution >= 0.6 is 23.2 Å². The second-order valence-corrected chi connectivity index (χ2v) is 15.0. The van der Waals surface area contributed by atoms with Gasteiger partial charge in [-0.25, -0.2) is 4.39 Å². The molecule has 1 saturated heterocycles. The number of nitriles is 1. The highest BCUT2D eigenvalue weighted by molar-refractivity contribution is 6.35. The van der Waals surface area contributed by atoms with Gasteiger partial charge in [-0.2, -0.15) is 5.26 Å². The predicted molar refractivity (Wildman–Crippen MR) is 204 cm³/mol. The summed E-state index contributed by atoms with van der Waals surface area (Å²) in [5.74, 6) is 1.77. The molecule has 1 saturated carbocycles. The predicted octanol–water partition coefficient (Wildman–Crippen LogP) is 8.78. The van der Waals surface area contributed by atoms with Gasteiger partial charge < -0.3 is 29.5 Å². The smallest absolute Gasteiger partial charge is 0.142 e. The number of fused-ring (bicyclic) bond motifs is 1. The number of ether oxygens (including phenoxy) is 3. The minimum Gasteiger partial charge on any atom is -0.492 e. The largest absolute Gasteiger partial charge is 0.492 e. The molecular formula is C42H45Cl2FN4O4. The summed E-state index contributed by atoms with van der Waals surface area (Å²) in [6.45, 7) is 3.69. The number of piperidine rings is 1. The SMILES string of the molecule is N#Cc1cncc(COc2cc(O[C@H]3CCc4c(-c5cccc(OCCCN6CCC(F)CC6)c5Cl)cccc43)c(Cl)cc2CN[C@H]2CCC[C@@H]2O)c1. The molecular weight excluding hydrogens is 714 g/mol. The zero-order chi connectivity index (χ0) is 36.7. The Morgan fingerprint density at radius 1 is 0.943 bits per heavy atom. The van der Waals surface area contributed by atoms with Crippen molar-refractivity contribution in [3.05, 3.63) is 105 Å². The molecule has 0 radical (unpaired) electrons. The number of alkyl halides is 1. The number of aromatic nitrogens is 1.